The molecule has 0 radical (unpaired) electrons. The lowest BCUT2D eigenvalue weighted by molar-refractivity contribution is 0.567. The highest BCUT2D eigenvalue weighted by atomic mass is 16.1. The maximum absolute atomic E-state index is 11.5. The van der Waals surface area contributed by atoms with E-state index in [0.29, 0.717) is 11.5 Å². The summed E-state index contributed by atoms with van der Waals surface area (Å²) in [4.78, 5) is 20.6. The van der Waals surface area contributed by atoms with Gasteiger partial charge in [-0.15, -0.1) is 0 Å². The quantitative estimate of drug-likeness (QED) is 0.729. The van der Waals surface area contributed by atoms with Crippen molar-refractivity contribution in [2.24, 2.45) is 5.73 Å². The molecule has 1 aromatic rings. The van der Waals surface area contributed by atoms with Crippen LogP contribution in [-0.4, -0.2) is 23.1 Å². The van der Waals surface area contributed by atoms with Crippen molar-refractivity contribution in [1.82, 2.24) is 9.97 Å². The predicted molar refractivity (Wildman–Crippen MR) is 58.8 cm³/mol. The largest absolute Gasteiger partial charge is 0.342 e. The molecule has 0 spiro atoms. The Morgan fingerprint density at radius 1 is 1.40 bits per heavy atom. The van der Waals surface area contributed by atoms with Crippen LogP contribution in [0.1, 0.15) is 24.8 Å². The SMILES string of the molecule is NCc1cnc(N2CCCCC2)[nH]c1=O. The minimum absolute atomic E-state index is 0.118. The van der Waals surface area contributed by atoms with E-state index in [4.69, 9.17) is 5.73 Å². The highest BCUT2D eigenvalue weighted by molar-refractivity contribution is 5.30. The monoisotopic (exact) mass is 208 g/mol. The topological polar surface area (TPSA) is 75.0 Å². The summed E-state index contributed by atoms with van der Waals surface area (Å²) in [5.74, 6) is 0.678. The lowest BCUT2D eigenvalue weighted by Gasteiger charge is -2.26. The first-order valence-corrected chi connectivity index (χ1v) is 5.34. The molecule has 0 aliphatic carbocycles. The molecule has 1 aromatic heterocycles. The lowest BCUT2D eigenvalue weighted by Crippen LogP contribution is -2.33. The summed E-state index contributed by atoms with van der Waals surface area (Å²) in [6.45, 7) is 2.19. The number of hydrogen-bond acceptors (Lipinski definition) is 4. The molecule has 82 valence electrons. The molecule has 2 heterocycles. The molecule has 0 unspecified atom stereocenters. The molecule has 1 aliphatic rings. The standard InChI is InChI=1S/C10H16N4O/c11-6-8-7-12-10(13-9(8)15)14-4-2-1-3-5-14/h7H,1-6,11H2,(H,12,13,15). The Balaban J connectivity index is 2.21. The summed E-state index contributed by atoms with van der Waals surface area (Å²) in [7, 11) is 0. The van der Waals surface area contributed by atoms with Crippen molar-refractivity contribution >= 4 is 5.95 Å². The van der Waals surface area contributed by atoms with E-state index in [2.05, 4.69) is 14.9 Å². The van der Waals surface area contributed by atoms with Crippen molar-refractivity contribution < 1.29 is 0 Å². The van der Waals surface area contributed by atoms with Crippen molar-refractivity contribution in [2.45, 2.75) is 25.8 Å². The van der Waals surface area contributed by atoms with Gasteiger partial charge in [0.1, 0.15) is 0 Å². The number of aromatic amines is 1. The molecule has 0 aromatic carbocycles. The number of nitrogens with one attached hydrogen (secondary N) is 1. The molecule has 15 heavy (non-hydrogen) atoms. The Morgan fingerprint density at radius 3 is 2.73 bits per heavy atom. The van der Waals surface area contributed by atoms with Gasteiger partial charge in [-0.05, 0) is 19.3 Å². The number of H-pyrrole nitrogens is 1. The fourth-order valence-electron chi connectivity index (χ4n) is 1.82. The summed E-state index contributed by atoms with van der Waals surface area (Å²) in [5, 5.41) is 0. The highest BCUT2D eigenvalue weighted by Gasteiger charge is 2.13. The van der Waals surface area contributed by atoms with E-state index in [1.165, 1.54) is 19.3 Å². The second-order valence-corrected chi connectivity index (χ2v) is 3.81. The highest BCUT2D eigenvalue weighted by Crippen LogP contribution is 2.13. The van der Waals surface area contributed by atoms with Gasteiger partial charge >= 0.3 is 0 Å². The van der Waals surface area contributed by atoms with Crippen LogP contribution in [0, 0.1) is 0 Å². The molecule has 1 aliphatic heterocycles. The molecular weight excluding hydrogens is 192 g/mol. The first kappa shape index (κ1) is 10.2. The van der Waals surface area contributed by atoms with Crippen LogP contribution in [0.2, 0.25) is 0 Å². The molecule has 0 atom stereocenters. The molecule has 0 saturated carbocycles. The smallest absolute Gasteiger partial charge is 0.256 e. The molecule has 1 saturated heterocycles. The summed E-state index contributed by atoms with van der Waals surface area (Å²) >= 11 is 0. The molecule has 1 fully saturated rings. The zero-order valence-corrected chi connectivity index (χ0v) is 8.70. The van der Waals surface area contributed by atoms with Gasteiger partial charge in [0.05, 0.1) is 0 Å². The number of nitrogens with zero attached hydrogens (tertiary/aromatic N) is 2. The van der Waals surface area contributed by atoms with Gasteiger partial charge in [0.2, 0.25) is 5.95 Å². The summed E-state index contributed by atoms with van der Waals surface area (Å²) in [6.07, 6.45) is 5.18. The first-order chi connectivity index (χ1) is 7.31. The number of hydrogen-bond donors (Lipinski definition) is 2. The van der Waals surface area contributed by atoms with Gasteiger partial charge in [-0.2, -0.15) is 0 Å². The average molecular weight is 208 g/mol. The second-order valence-electron chi connectivity index (χ2n) is 3.81. The van der Waals surface area contributed by atoms with Crippen molar-refractivity contribution in [3.05, 3.63) is 22.1 Å². The fourth-order valence-corrected chi connectivity index (χ4v) is 1.82. The Labute approximate surface area is 88.3 Å². The van der Waals surface area contributed by atoms with Crippen molar-refractivity contribution in [2.75, 3.05) is 18.0 Å². The summed E-state index contributed by atoms with van der Waals surface area (Å²) in [6, 6.07) is 0. The molecule has 5 heteroatoms. The molecule has 0 amide bonds. The third-order valence-corrected chi connectivity index (χ3v) is 2.74. The van der Waals surface area contributed by atoms with Crippen LogP contribution in [0.15, 0.2) is 11.0 Å². The zero-order chi connectivity index (χ0) is 10.7. The minimum atomic E-state index is -0.118. The van der Waals surface area contributed by atoms with Gasteiger partial charge in [-0.25, -0.2) is 4.98 Å². The Hall–Kier alpha value is -1.36. The normalized spacial score (nSPS) is 16.7. The molecular formula is C10H16N4O. The second kappa shape index (κ2) is 4.44. The van der Waals surface area contributed by atoms with E-state index in [1.54, 1.807) is 6.20 Å². The maximum Gasteiger partial charge on any atom is 0.256 e. The van der Waals surface area contributed by atoms with Gasteiger partial charge in [0.25, 0.3) is 5.56 Å². The van der Waals surface area contributed by atoms with Crippen molar-refractivity contribution in [3.8, 4) is 0 Å². The van der Waals surface area contributed by atoms with E-state index in [9.17, 15) is 4.79 Å². The van der Waals surface area contributed by atoms with Crippen LogP contribution in [-0.2, 0) is 6.54 Å². The number of aromatic nitrogens is 2. The van der Waals surface area contributed by atoms with E-state index in [1.807, 2.05) is 0 Å². The molecule has 5 nitrogen and oxygen atoms in total. The first-order valence-electron chi connectivity index (χ1n) is 5.34. The molecule has 2 rings (SSSR count). The lowest BCUT2D eigenvalue weighted by atomic mass is 10.1. The van der Waals surface area contributed by atoms with Gasteiger partial charge in [0, 0.05) is 31.4 Å². The number of rotatable bonds is 2. The van der Waals surface area contributed by atoms with Crippen LogP contribution in [0.25, 0.3) is 0 Å². The van der Waals surface area contributed by atoms with E-state index in [0.717, 1.165) is 13.1 Å². The molecule has 3 N–H and O–H groups in total. The van der Waals surface area contributed by atoms with Gasteiger partial charge < -0.3 is 10.6 Å². The van der Waals surface area contributed by atoms with E-state index < -0.39 is 0 Å². The third kappa shape index (κ3) is 2.18. The predicted octanol–water partition coefficient (Wildman–Crippen LogP) is 0.219. The minimum Gasteiger partial charge on any atom is -0.342 e. The van der Waals surface area contributed by atoms with Gasteiger partial charge in [-0.3, -0.25) is 9.78 Å². The number of piperidine rings is 1. The summed E-state index contributed by atoms with van der Waals surface area (Å²) in [5.41, 5.74) is 5.83. The Morgan fingerprint density at radius 2 is 2.13 bits per heavy atom. The van der Waals surface area contributed by atoms with Crippen molar-refractivity contribution in [3.63, 3.8) is 0 Å². The maximum atomic E-state index is 11.5. The van der Waals surface area contributed by atoms with Gasteiger partial charge in [-0.1, -0.05) is 0 Å². The van der Waals surface area contributed by atoms with Crippen LogP contribution >= 0.6 is 0 Å². The van der Waals surface area contributed by atoms with E-state index >= 15 is 0 Å². The van der Waals surface area contributed by atoms with Crippen molar-refractivity contribution in [1.29, 1.82) is 0 Å². The summed E-state index contributed by atoms with van der Waals surface area (Å²) < 4.78 is 0. The van der Waals surface area contributed by atoms with Crippen LogP contribution in [0.4, 0.5) is 5.95 Å². The Kier molecular flexibility index (Phi) is 3.01. The molecule has 0 bridgehead atoms. The average Bonchev–Trinajstić information content (AvgIpc) is 2.30. The third-order valence-electron chi connectivity index (χ3n) is 2.74. The number of anilines is 1. The zero-order valence-electron chi connectivity index (χ0n) is 8.70. The van der Waals surface area contributed by atoms with Crippen LogP contribution < -0.4 is 16.2 Å². The van der Waals surface area contributed by atoms with E-state index in [-0.39, 0.29) is 12.1 Å². The van der Waals surface area contributed by atoms with Crippen LogP contribution in [0.5, 0.6) is 0 Å². The fraction of sp³-hybridized carbons (Fsp3) is 0.600. The Bertz CT molecular complexity index is 381. The number of nitrogens with two attached hydrogens (primary N) is 1. The van der Waals surface area contributed by atoms with Crippen LogP contribution in [0.3, 0.4) is 0 Å². The van der Waals surface area contributed by atoms with Gasteiger partial charge in [0.15, 0.2) is 0 Å².